The molecule has 0 radical (unpaired) electrons. The Morgan fingerprint density at radius 3 is 2.25 bits per heavy atom. The van der Waals surface area contributed by atoms with Gasteiger partial charge in [-0.05, 0) is 30.4 Å². The van der Waals surface area contributed by atoms with Crippen LogP contribution >= 0.6 is 0 Å². The zero-order valence-electron chi connectivity index (χ0n) is 15.8. The van der Waals surface area contributed by atoms with Crippen LogP contribution < -0.4 is 5.32 Å². The van der Waals surface area contributed by atoms with E-state index in [4.69, 9.17) is 5.11 Å². The van der Waals surface area contributed by atoms with Gasteiger partial charge in [0.2, 0.25) is 0 Å². The number of rotatable bonds is 4. The number of aromatic carboxylic acids is 1. The lowest BCUT2D eigenvalue weighted by atomic mass is 9.91. The zero-order chi connectivity index (χ0) is 20.3. The fourth-order valence-corrected chi connectivity index (χ4v) is 3.52. The topological polar surface area (TPSA) is 112 Å². The summed E-state index contributed by atoms with van der Waals surface area (Å²) in [5.41, 5.74) is 0.507. The van der Waals surface area contributed by atoms with Gasteiger partial charge in [-0.2, -0.15) is 0 Å². The number of anilines is 1. The standard InChI is InChI=1S/C20H22N4O4/c1-12-7-13(2)11-24(10-12)19(26)14-5-3-4-6-15(14)23-18(25)16-8-22-17(9-21-16)20(27)28/h3-6,8-9,12-13H,7,10-11H2,1-2H3,(H,23,25)(H,27,28). The Balaban J connectivity index is 1.79. The molecule has 0 spiro atoms. The third-order valence-electron chi connectivity index (χ3n) is 4.67. The third-order valence-corrected chi connectivity index (χ3v) is 4.67. The number of carboxylic acids is 1. The monoisotopic (exact) mass is 382 g/mol. The first-order valence-corrected chi connectivity index (χ1v) is 9.10. The lowest BCUT2D eigenvalue weighted by molar-refractivity contribution is 0.0623. The zero-order valence-corrected chi connectivity index (χ0v) is 15.8. The van der Waals surface area contributed by atoms with Gasteiger partial charge >= 0.3 is 5.97 Å². The molecule has 0 bridgehead atoms. The number of piperidine rings is 1. The van der Waals surface area contributed by atoms with E-state index in [2.05, 4.69) is 29.1 Å². The van der Waals surface area contributed by atoms with Crippen molar-refractivity contribution in [3.05, 3.63) is 53.6 Å². The maximum absolute atomic E-state index is 13.0. The van der Waals surface area contributed by atoms with Gasteiger partial charge in [0.15, 0.2) is 5.69 Å². The van der Waals surface area contributed by atoms with Crippen LogP contribution in [-0.2, 0) is 0 Å². The van der Waals surface area contributed by atoms with E-state index >= 15 is 0 Å². The van der Waals surface area contributed by atoms with Gasteiger partial charge in [-0.1, -0.05) is 26.0 Å². The van der Waals surface area contributed by atoms with Crippen LogP contribution in [0.15, 0.2) is 36.7 Å². The summed E-state index contributed by atoms with van der Waals surface area (Å²) in [6.45, 7) is 5.63. The largest absolute Gasteiger partial charge is 0.476 e. The number of nitrogens with one attached hydrogen (secondary N) is 1. The number of carboxylic acid groups (broad SMARTS) is 1. The molecule has 3 rings (SSSR count). The SMILES string of the molecule is CC1CC(C)CN(C(=O)c2ccccc2NC(=O)c2cnc(C(=O)O)cn2)C1. The number of amides is 2. The van der Waals surface area contributed by atoms with Crippen LogP contribution in [0.5, 0.6) is 0 Å². The summed E-state index contributed by atoms with van der Waals surface area (Å²) in [4.78, 5) is 45.7. The number of aromatic nitrogens is 2. The molecule has 1 saturated heterocycles. The van der Waals surface area contributed by atoms with Crippen LogP contribution in [0.3, 0.4) is 0 Å². The van der Waals surface area contributed by atoms with Crippen molar-refractivity contribution in [2.75, 3.05) is 18.4 Å². The number of carbonyl (C=O) groups is 3. The molecule has 1 aliphatic rings. The number of likely N-dealkylation sites (tertiary alicyclic amines) is 1. The fraction of sp³-hybridized carbons (Fsp3) is 0.350. The average Bonchev–Trinajstić information content (AvgIpc) is 2.67. The summed E-state index contributed by atoms with van der Waals surface area (Å²) < 4.78 is 0. The number of benzene rings is 1. The highest BCUT2D eigenvalue weighted by molar-refractivity contribution is 6.08. The molecule has 1 aromatic carbocycles. The van der Waals surface area contributed by atoms with Gasteiger partial charge < -0.3 is 15.3 Å². The summed E-state index contributed by atoms with van der Waals surface area (Å²) in [5, 5.41) is 11.5. The van der Waals surface area contributed by atoms with Crippen LogP contribution in [0.25, 0.3) is 0 Å². The normalized spacial score (nSPS) is 19.1. The van der Waals surface area contributed by atoms with Crippen LogP contribution in [0.1, 0.15) is 51.6 Å². The van der Waals surface area contributed by atoms with E-state index < -0.39 is 11.9 Å². The molecule has 2 heterocycles. The van der Waals surface area contributed by atoms with Crippen molar-refractivity contribution in [1.29, 1.82) is 0 Å². The van der Waals surface area contributed by atoms with Crippen molar-refractivity contribution in [2.45, 2.75) is 20.3 Å². The minimum atomic E-state index is -1.22. The lowest BCUT2D eigenvalue weighted by Crippen LogP contribution is -2.42. The number of nitrogens with zero attached hydrogens (tertiary/aromatic N) is 3. The second-order valence-corrected chi connectivity index (χ2v) is 7.25. The first-order valence-electron chi connectivity index (χ1n) is 9.10. The van der Waals surface area contributed by atoms with Gasteiger partial charge in [-0.3, -0.25) is 9.59 Å². The van der Waals surface area contributed by atoms with Gasteiger partial charge in [0, 0.05) is 13.1 Å². The van der Waals surface area contributed by atoms with E-state index in [1.54, 1.807) is 24.3 Å². The number of carbonyl (C=O) groups excluding carboxylic acids is 2. The van der Waals surface area contributed by atoms with Crippen molar-refractivity contribution in [2.24, 2.45) is 11.8 Å². The first kappa shape index (κ1) is 19.5. The minimum Gasteiger partial charge on any atom is -0.476 e. The molecular formula is C20H22N4O4. The predicted molar refractivity (Wildman–Crippen MR) is 102 cm³/mol. The molecule has 8 nitrogen and oxygen atoms in total. The molecule has 1 fully saturated rings. The second kappa shape index (κ2) is 8.16. The number of hydrogen-bond acceptors (Lipinski definition) is 5. The molecule has 146 valence electrons. The fourth-order valence-electron chi connectivity index (χ4n) is 3.52. The summed E-state index contributed by atoms with van der Waals surface area (Å²) in [6.07, 6.45) is 3.20. The van der Waals surface area contributed by atoms with E-state index in [1.807, 2.05) is 4.90 Å². The smallest absolute Gasteiger partial charge is 0.356 e. The van der Waals surface area contributed by atoms with Crippen LogP contribution in [0, 0.1) is 11.8 Å². The highest BCUT2D eigenvalue weighted by Gasteiger charge is 2.27. The van der Waals surface area contributed by atoms with Crippen molar-refractivity contribution in [3.8, 4) is 0 Å². The maximum atomic E-state index is 13.0. The molecule has 2 amide bonds. The Morgan fingerprint density at radius 2 is 1.64 bits per heavy atom. The molecule has 2 unspecified atom stereocenters. The molecule has 1 aromatic heterocycles. The Kier molecular flexibility index (Phi) is 5.67. The van der Waals surface area contributed by atoms with Crippen LogP contribution in [0.4, 0.5) is 5.69 Å². The van der Waals surface area contributed by atoms with Gasteiger partial charge in [-0.15, -0.1) is 0 Å². The summed E-state index contributed by atoms with van der Waals surface area (Å²) in [5.74, 6) is -1.05. The molecule has 0 aliphatic carbocycles. The molecule has 8 heteroatoms. The molecule has 0 saturated carbocycles. The van der Waals surface area contributed by atoms with Crippen LogP contribution in [0.2, 0.25) is 0 Å². The maximum Gasteiger partial charge on any atom is 0.356 e. The molecule has 28 heavy (non-hydrogen) atoms. The summed E-state index contributed by atoms with van der Waals surface area (Å²) in [6, 6.07) is 6.82. The quantitative estimate of drug-likeness (QED) is 0.840. The number of para-hydroxylation sites is 1. The van der Waals surface area contributed by atoms with E-state index in [-0.39, 0.29) is 17.3 Å². The van der Waals surface area contributed by atoms with Gasteiger partial charge in [0.05, 0.1) is 23.6 Å². The Hall–Kier alpha value is -3.29. The predicted octanol–water partition coefficient (Wildman–Crippen LogP) is 2.55. The van der Waals surface area contributed by atoms with E-state index in [0.717, 1.165) is 18.8 Å². The van der Waals surface area contributed by atoms with Crippen molar-refractivity contribution in [3.63, 3.8) is 0 Å². The Morgan fingerprint density at radius 1 is 1.04 bits per heavy atom. The van der Waals surface area contributed by atoms with Crippen molar-refractivity contribution in [1.82, 2.24) is 14.9 Å². The molecule has 1 aliphatic heterocycles. The van der Waals surface area contributed by atoms with Gasteiger partial charge in [0.25, 0.3) is 11.8 Å². The van der Waals surface area contributed by atoms with Crippen molar-refractivity contribution >= 4 is 23.5 Å². The van der Waals surface area contributed by atoms with E-state index in [0.29, 0.717) is 36.2 Å². The minimum absolute atomic E-state index is 0.0348. The van der Waals surface area contributed by atoms with Crippen molar-refractivity contribution < 1.29 is 19.5 Å². The van der Waals surface area contributed by atoms with E-state index in [1.165, 1.54) is 0 Å². The Labute approximate surface area is 162 Å². The Bertz CT molecular complexity index is 887. The first-order chi connectivity index (χ1) is 13.3. The second-order valence-electron chi connectivity index (χ2n) is 7.25. The lowest BCUT2D eigenvalue weighted by Gasteiger charge is -2.35. The summed E-state index contributed by atoms with van der Waals surface area (Å²) in [7, 11) is 0. The summed E-state index contributed by atoms with van der Waals surface area (Å²) >= 11 is 0. The highest BCUT2D eigenvalue weighted by atomic mass is 16.4. The molecule has 2 atom stereocenters. The van der Waals surface area contributed by atoms with Crippen LogP contribution in [-0.4, -0.2) is 50.8 Å². The molecular weight excluding hydrogens is 360 g/mol. The highest BCUT2D eigenvalue weighted by Crippen LogP contribution is 2.25. The third kappa shape index (κ3) is 4.33. The number of hydrogen-bond donors (Lipinski definition) is 2. The average molecular weight is 382 g/mol. The van der Waals surface area contributed by atoms with Gasteiger partial charge in [-0.25, -0.2) is 14.8 Å². The molecule has 2 N–H and O–H groups in total. The molecule has 2 aromatic rings. The van der Waals surface area contributed by atoms with Gasteiger partial charge in [0.1, 0.15) is 5.69 Å². The van der Waals surface area contributed by atoms with E-state index in [9.17, 15) is 14.4 Å².